The number of benzene rings is 2. The van der Waals surface area contributed by atoms with Crippen molar-refractivity contribution in [2.45, 2.75) is 39.4 Å². The van der Waals surface area contributed by atoms with Gasteiger partial charge in [-0.3, -0.25) is 14.5 Å². The fraction of sp³-hybridized carbons (Fsp3) is 0.387. The summed E-state index contributed by atoms with van der Waals surface area (Å²) in [5.41, 5.74) is 2.31. The summed E-state index contributed by atoms with van der Waals surface area (Å²) in [6, 6.07) is 13.8. The number of phenolic OH excluding ortho intramolecular Hbond substituents is 1. The highest BCUT2D eigenvalue weighted by Crippen LogP contribution is 2.38. The standard InChI is InChI=1S/C31H34N4O6S/c1-19(2)9-11-33-17-27-34(16-22(29(33)37)13-20-3-6-23(36)7-4-20)30(38)28-24(10-12-42-28)35(27)31(39)32-15-21-5-8-25-26(14-21)41-18-40-25/h3-8,10,12,14,19,22,27,36H,9,11,13,15-18H2,1-2H3,(H,32,39)/t22-,27?/m1/s1. The highest BCUT2D eigenvalue weighted by Gasteiger charge is 2.47. The molecule has 0 aliphatic carbocycles. The average Bonchev–Trinajstić information content (AvgIpc) is 3.63. The Morgan fingerprint density at radius 2 is 1.81 bits per heavy atom. The Balaban J connectivity index is 1.30. The van der Waals surface area contributed by atoms with Crippen LogP contribution in [0.25, 0.3) is 0 Å². The quantitative estimate of drug-likeness (QED) is 0.421. The average molecular weight is 591 g/mol. The van der Waals surface area contributed by atoms with E-state index in [-0.39, 0.29) is 50.0 Å². The largest absolute Gasteiger partial charge is 0.508 e. The van der Waals surface area contributed by atoms with Crippen LogP contribution in [0.1, 0.15) is 41.1 Å². The number of amides is 4. The monoisotopic (exact) mass is 590 g/mol. The van der Waals surface area contributed by atoms with Crippen molar-refractivity contribution in [3.63, 3.8) is 0 Å². The van der Waals surface area contributed by atoms with Gasteiger partial charge in [0.2, 0.25) is 12.7 Å². The number of phenols is 1. The minimum Gasteiger partial charge on any atom is -0.508 e. The van der Waals surface area contributed by atoms with Crippen LogP contribution in [0.2, 0.25) is 0 Å². The highest BCUT2D eigenvalue weighted by molar-refractivity contribution is 7.12. The van der Waals surface area contributed by atoms with Gasteiger partial charge in [0.1, 0.15) is 16.8 Å². The van der Waals surface area contributed by atoms with E-state index in [0.717, 1.165) is 17.5 Å². The van der Waals surface area contributed by atoms with Crippen molar-refractivity contribution in [1.29, 1.82) is 0 Å². The summed E-state index contributed by atoms with van der Waals surface area (Å²) >= 11 is 1.30. The van der Waals surface area contributed by atoms with Gasteiger partial charge in [0.15, 0.2) is 11.5 Å². The van der Waals surface area contributed by atoms with E-state index < -0.39 is 12.1 Å². The van der Waals surface area contributed by atoms with Crippen LogP contribution in [0.3, 0.4) is 0 Å². The summed E-state index contributed by atoms with van der Waals surface area (Å²) in [4.78, 5) is 47.3. The van der Waals surface area contributed by atoms with E-state index in [2.05, 4.69) is 19.2 Å². The number of anilines is 1. The summed E-state index contributed by atoms with van der Waals surface area (Å²) in [7, 11) is 0. The van der Waals surface area contributed by atoms with Gasteiger partial charge in [-0.05, 0) is 65.6 Å². The van der Waals surface area contributed by atoms with Crippen molar-refractivity contribution in [3.8, 4) is 17.2 Å². The van der Waals surface area contributed by atoms with Gasteiger partial charge in [-0.15, -0.1) is 11.3 Å². The van der Waals surface area contributed by atoms with E-state index in [0.29, 0.717) is 40.9 Å². The molecule has 3 aliphatic rings. The first-order chi connectivity index (χ1) is 20.3. The van der Waals surface area contributed by atoms with E-state index in [9.17, 15) is 19.5 Å². The molecule has 220 valence electrons. The molecule has 4 heterocycles. The van der Waals surface area contributed by atoms with E-state index in [4.69, 9.17) is 9.47 Å². The number of urea groups is 1. The predicted molar refractivity (Wildman–Crippen MR) is 158 cm³/mol. The lowest BCUT2D eigenvalue weighted by Crippen LogP contribution is -2.61. The van der Waals surface area contributed by atoms with E-state index in [1.54, 1.807) is 40.1 Å². The number of ether oxygens (including phenoxy) is 2. The lowest BCUT2D eigenvalue weighted by molar-refractivity contribution is -0.134. The Bertz CT molecular complexity index is 1490. The Kier molecular flexibility index (Phi) is 7.68. The third-order valence-electron chi connectivity index (χ3n) is 7.97. The summed E-state index contributed by atoms with van der Waals surface area (Å²) in [6.45, 7) is 5.59. The minimum atomic E-state index is -0.655. The van der Waals surface area contributed by atoms with Gasteiger partial charge in [-0.1, -0.05) is 32.0 Å². The van der Waals surface area contributed by atoms with Gasteiger partial charge < -0.3 is 29.7 Å². The molecule has 11 heteroatoms. The zero-order valence-corrected chi connectivity index (χ0v) is 24.4. The maximum absolute atomic E-state index is 14.0. The van der Waals surface area contributed by atoms with Crippen molar-refractivity contribution in [2.75, 3.05) is 31.3 Å². The number of hydrogen-bond donors (Lipinski definition) is 2. The molecule has 2 atom stereocenters. The number of fused-ring (bicyclic) bond motifs is 3. The van der Waals surface area contributed by atoms with Gasteiger partial charge >= 0.3 is 6.03 Å². The molecular formula is C31H34N4O6S. The van der Waals surface area contributed by atoms with Crippen molar-refractivity contribution >= 4 is 34.9 Å². The summed E-state index contributed by atoms with van der Waals surface area (Å²) < 4.78 is 10.9. The zero-order chi connectivity index (χ0) is 29.4. The van der Waals surface area contributed by atoms with Crippen LogP contribution in [0.5, 0.6) is 17.2 Å². The second kappa shape index (κ2) is 11.6. The normalized spacial score (nSPS) is 19.5. The van der Waals surface area contributed by atoms with Crippen molar-refractivity contribution in [3.05, 3.63) is 69.9 Å². The third kappa shape index (κ3) is 5.48. The summed E-state index contributed by atoms with van der Waals surface area (Å²) in [5.74, 6) is 1.16. The lowest BCUT2D eigenvalue weighted by Gasteiger charge is -2.43. The second-order valence-electron chi connectivity index (χ2n) is 11.3. The van der Waals surface area contributed by atoms with E-state index >= 15 is 0 Å². The van der Waals surface area contributed by atoms with Crippen molar-refractivity contribution in [1.82, 2.24) is 15.1 Å². The van der Waals surface area contributed by atoms with Gasteiger partial charge in [0.25, 0.3) is 5.91 Å². The fourth-order valence-electron chi connectivity index (χ4n) is 5.71. The minimum absolute atomic E-state index is 0.0324. The molecule has 1 saturated heterocycles. The first kappa shape index (κ1) is 27.9. The van der Waals surface area contributed by atoms with Crippen LogP contribution >= 0.6 is 11.3 Å². The topological polar surface area (TPSA) is 112 Å². The highest BCUT2D eigenvalue weighted by atomic mass is 32.1. The molecule has 2 N–H and O–H groups in total. The number of nitrogens with one attached hydrogen (secondary N) is 1. The first-order valence-electron chi connectivity index (χ1n) is 14.2. The Morgan fingerprint density at radius 1 is 1.05 bits per heavy atom. The van der Waals surface area contributed by atoms with Crippen LogP contribution < -0.4 is 19.7 Å². The summed E-state index contributed by atoms with van der Waals surface area (Å²) in [5, 5.41) is 14.6. The third-order valence-corrected chi connectivity index (χ3v) is 8.86. The molecule has 1 unspecified atom stereocenters. The number of thiophene rings is 1. The van der Waals surface area contributed by atoms with Crippen LogP contribution in [-0.4, -0.2) is 65.3 Å². The molecule has 3 aliphatic heterocycles. The molecule has 6 rings (SSSR count). The van der Waals surface area contributed by atoms with Crippen LogP contribution in [0.15, 0.2) is 53.9 Å². The molecule has 2 aromatic carbocycles. The number of hydrogen-bond acceptors (Lipinski definition) is 7. The van der Waals surface area contributed by atoms with Crippen LogP contribution in [-0.2, 0) is 17.8 Å². The van der Waals surface area contributed by atoms with E-state index in [1.165, 1.54) is 11.3 Å². The molecule has 1 aromatic heterocycles. The molecule has 10 nitrogen and oxygen atoms in total. The molecule has 0 spiro atoms. The Morgan fingerprint density at radius 3 is 2.60 bits per heavy atom. The Hall–Kier alpha value is -4.25. The van der Waals surface area contributed by atoms with Gasteiger partial charge in [-0.25, -0.2) is 4.79 Å². The number of aromatic hydroxyl groups is 1. The number of carbonyl (C=O) groups is 3. The molecular weight excluding hydrogens is 556 g/mol. The van der Waals surface area contributed by atoms with Gasteiger partial charge in [0.05, 0.1) is 18.2 Å². The van der Waals surface area contributed by atoms with Crippen molar-refractivity contribution < 1.29 is 29.0 Å². The first-order valence-corrected chi connectivity index (χ1v) is 15.1. The SMILES string of the molecule is CC(C)CCN1CC2N(C[C@@H](Cc3ccc(O)cc3)C1=O)C(=O)c1sccc1N2C(=O)NCc1ccc2c(c1)OCO2. The predicted octanol–water partition coefficient (Wildman–Crippen LogP) is 4.43. The molecule has 1 fully saturated rings. The number of nitrogens with zero attached hydrogens (tertiary/aromatic N) is 3. The smallest absolute Gasteiger partial charge is 0.323 e. The number of rotatable bonds is 7. The maximum atomic E-state index is 14.0. The molecule has 0 bridgehead atoms. The molecule has 42 heavy (non-hydrogen) atoms. The molecule has 0 radical (unpaired) electrons. The summed E-state index contributed by atoms with van der Waals surface area (Å²) in [6.07, 6.45) is 0.567. The zero-order valence-electron chi connectivity index (χ0n) is 23.6. The lowest BCUT2D eigenvalue weighted by atomic mass is 9.97. The van der Waals surface area contributed by atoms with Crippen LogP contribution in [0, 0.1) is 11.8 Å². The Labute approximate surface area is 248 Å². The number of carbonyl (C=O) groups excluding carboxylic acids is 3. The van der Waals surface area contributed by atoms with Crippen LogP contribution in [0.4, 0.5) is 10.5 Å². The van der Waals surface area contributed by atoms with E-state index in [1.807, 2.05) is 28.5 Å². The van der Waals surface area contributed by atoms with Gasteiger partial charge in [0, 0.05) is 19.6 Å². The molecule has 0 saturated carbocycles. The fourth-order valence-corrected chi connectivity index (χ4v) is 6.54. The molecule has 4 amide bonds. The van der Waals surface area contributed by atoms with Gasteiger partial charge in [-0.2, -0.15) is 0 Å². The molecule has 3 aromatic rings. The second-order valence-corrected chi connectivity index (χ2v) is 12.2. The van der Waals surface area contributed by atoms with Crippen molar-refractivity contribution in [2.24, 2.45) is 11.8 Å². The maximum Gasteiger partial charge on any atom is 0.323 e.